The van der Waals surface area contributed by atoms with Crippen molar-refractivity contribution < 1.29 is 9.59 Å². The Bertz CT molecular complexity index is 1250. The van der Waals surface area contributed by atoms with E-state index in [9.17, 15) is 14.9 Å². The van der Waals surface area contributed by atoms with Crippen molar-refractivity contribution in [1.29, 1.82) is 5.26 Å². The number of rotatable bonds is 4. The zero-order valence-corrected chi connectivity index (χ0v) is 18.9. The molecule has 2 aliphatic rings. The lowest BCUT2D eigenvalue weighted by atomic mass is 9.83. The van der Waals surface area contributed by atoms with Crippen molar-refractivity contribution in [3.8, 4) is 6.07 Å². The normalized spacial score (nSPS) is 20.3. The molecule has 0 bridgehead atoms. The summed E-state index contributed by atoms with van der Waals surface area (Å²) in [7, 11) is 0. The highest BCUT2D eigenvalue weighted by Gasteiger charge is 2.43. The molecule has 160 valence electrons. The number of nitrogens with zero attached hydrogens (tertiary/aromatic N) is 2. The average Bonchev–Trinajstić information content (AvgIpc) is 3.29. The first kappa shape index (κ1) is 20.8. The van der Waals surface area contributed by atoms with Gasteiger partial charge >= 0.3 is 0 Å². The van der Waals surface area contributed by atoms with Crippen LogP contribution in [0.2, 0.25) is 0 Å². The maximum atomic E-state index is 13.2. The maximum Gasteiger partial charge on any atom is 0.248 e. The summed E-state index contributed by atoms with van der Waals surface area (Å²) < 4.78 is 0. The molecule has 1 aromatic heterocycles. The van der Waals surface area contributed by atoms with Crippen LogP contribution in [0.4, 0.5) is 10.7 Å². The zero-order valence-electron chi connectivity index (χ0n) is 17.3. The van der Waals surface area contributed by atoms with E-state index in [1.807, 2.05) is 30.3 Å². The summed E-state index contributed by atoms with van der Waals surface area (Å²) in [6, 6.07) is 20.0. The molecular weight excluding hydrogens is 438 g/mol. The van der Waals surface area contributed by atoms with Crippen LogP contribution < -0.4 is 10.6 Å². The number of hydrogen-bond acceptors (Lipinski definition) is 6. The molecule has 2 aromatic carbocycles. The predicted molar refractivity (Wildman–Crippen MR) is 128 cm³/mol. The number of benzene rings is 2. The van der Waals surface area contributed by atoms with Gasteiger partial charge in [-0.05, 0) is 54.5 Å². The minimum absolute atomic E-state index is 0.123. The fraction of sp³-hybridized carbons (Fsp3) is 0.240. The van der Waals surface area contributed by atoms with E-state index in [0.717, 1.165) is 34.6 Å². The molecule has 2 N–H and O–H groups in total. The highest BCUT2D eigenvalue weighted by molar-refractivity contribution is 8.00. The van der Waals surface area contributed by atoms with E-state index in [1.165, 1.54) is 33.6 Å². The SMILES string of the molecule is N#Cc1c(N2C(=O)C[C@H](Sc3cccc(N)c3)C2=O)sc2c1CC[C@@H](c1ccccc1)C2. The largest absolute Gasteiger partial charge is 0.399 e. The number of fused-ring (bicyclic) bond motifs is 1. The highest BCUT2D eigenvalue weighted by atomic mass is 32.2. The second kappa shape index (κ2) is 8.45. The van der Waals surface area contributed by atoms with Crippen LogP contribution in [0, 0.1) is 11.3 Å². The standard InChI is InChI=1S/C25H21N3O2S2/c26-14-20-19-10-9-16(15-5-2-1-3-6-15)11-21(19)32-25(20)28-23(29)13-22(24(28)30)31-18-8-4-7-17(27)12-18/h1-8,12,16,22H,9-11,13,27H2/t16-,22+/m1/s1. The van der Waals surface area contributed by atoms with Crippen molar-refractivity contribution in [1.82, 2.24) is 0 Å². The summed E-state index contributed by atoms with van der Waals surface area (Å²) in [5, 5.41) is 9.89. The lowest BCUT2D eigenvalue weighted by Crippen LogP contribution is -2.31. The van der Waals surface area contributed by atoms with Gasteiger partial charge in [-0.1, -0.05) is 36.4 Å². The molecule has 1 aliphatic heterocycles. The van der Waals surface area contributed by atoms with Gasteiger partial charge in [0.05, 0.1) is 10.8 Å². The molecule has 1 aliphatic carbocycles. The molecule has 0 unspecified atom stereocenters. The molecule has 32 heavy (non-hydrogen) atoms. The average molecular weight is 460 g/mol. The van der Waals surface area contributed by atoms with E-state index < -0.39 is 5.25 Å². The number of thiophene rings is 1. The number of imide groups is 1. The van der Waals surface area contributed by atoms with Crippen LogP contribution >= 0.6 is 23.1 Å². The van der Waals surface area contributed by atoms with E-state index in [1.54, 1.807) is 12.1 Å². The van der Waals surface area contributed by atoms with Crippen molar-refractivity contribution in [2.45, 2.75) is 41.7 Å². The molecule has 1 fully saturated rings. The van der Waals surface area contributed by atoms with Crippen molar-refractivity contribution in [3.63, 3.8) is 0 Å². The van der Waals surface area contributed by atoms with Crippen molar-refractivity contribution in [2.24, 2.45) is 0 Å². The third-order valence-corrected chi connectivity index (χ3v) is 8.49. The molecule has 1 saturated heterocycles. The van der Waals surface area contributed by atoms with Crippen LogP contribution in [0.15, 0.2) is 59.5 Å². The minimum atomic E-state index is -0.507. The van der Waals surface area contributed by atoms with Gasteiger partial charge in [-0.25, -0.2) is 4.90 Å². The molecule has 2 atom stereocenters. The maximum absolute atomic E-state index is 13.2. The number of amides is 2. The van der Waals surface area contributed by atoms with Gasteiger partial charge in [0, 0.05) is 21.9 Å². The quantitative estimate of drug-likeness (QED) is 0.443. The number of carbonyl (C=O) groups is 2. The molecule has 0 radical (unpaired) electrons. The van der Waals surface area contributed by atoms with Crippen LogP contribution in [0.5, 0.6) is 0 Å². The Morgan fingerprint density at radius 3 is 2.66 bits per heavy atom. The van der Waals surface area contributed by atoms with Gasteiger partial charge in [-0.15, -0.1) is 23.1 Å². The van der Waals surface area contributed by atoms with Crippen LogP contribution in [0.3, 0.4) is 0 Å². The van der Waals surface area contributed by atoms with E-state index in [4.69, 9.17) is 5.73 Å². The van der Waals surface area contributed by atoms with Gasteiger partial charge in [-0.3, -0.25) is 9.59 Å². The van der Waals surface area contributed by atoms with Crippen LogP contribution in [-0.2, 0) is 22.4 Å². The molecule has 5 nitrogen and oxygen atoms in total. The van der Waals surface area contributed by atoms with E-state index in [-0.39, 0.29) is 18.2 Å². The molecule has 0 spiro atoms. The van der Waals surface area contributed by atoms with Gasteiger partial charge in [-0.2, -0.15) is 5.26 Å². The van der Waals surface area contributed by atoms with E-state index in [0.29, 0.717) is 22.2 Å². The molecule has 2 heterocycles. The third-order valence-electron chi connectivity index (χ3n) is 6.07. The molecular formula is C25H21N3O2S2. The first-order valence-corrected chi connectivity index (χ1v) is 12.2. The summed E-state index contributed by atoms with van der Waals surface area (Å²) in [6.07, 6.45) is 2.69. The van der Waals surface area contributed by atoms with Gasteiger partial charge in [0.1, 0.15) is 11.1 Å². The smallest absolute Gasteiger partial charge is 0.248 e. The second-order valence-electron chi connectivity index (χ2n) is 8.10. The first-order valence-electron chi connectivity index (χ1n) is 10.5. The Labute approximate surface area is 194 Å². The Hall–Kier alpha value is -3.08. The molecule has 7 heteroatoms. The zero-order chi connectivity index (χ0) is 22.2. The minimum Gasteiger partial charge on any atom is -0.399 e. The molecule has 0 saturated carbocycles. The third kappa shape index (κ3) is 3.70. The number of hydrogen-bond donors (Lipinski definition) is 1. The van der Waals surface area contributed by atoms with Gasteiger partial charge in [0.15, 0.2) is 0 Å². The molecule has 3 aromatic rings. The number of anilines is 2. The Morgan fingerprint density at radius 1 is 1.09 bits per heavy atom. The first-order chi connectivity index (χ1) is 15.5. The number of carbonyl (C=O) groups excluding carboxylic acids is 2. The number of thioether (sulfide) groups is 1. The van der Waals surface area contributed by atoms with Crippen LogP contribution in [0.1, 0.15) is 40.3 Å². The van der Waals surface area contributed by atoms with Crippen molar-refractivity contribution in [3.05, 3.63) is 76.2 Å². The van der Waals surface area contributed by atoms with Crippen molar-refractivity contribution >= 4 is 45.6 Å². The predicted octanol–water partition coefficient (Wildman–Crippen LogP) is 4.90. The summed E-state index contributed by atoms with van der Waals surface area (Å²) >= 11 is 2.78. The summed E-state index contributed by atoms with van der Waals surface area (Å²) in [6.45, 7) is 0. The Balaban J connectivity index is 1.43. The number of nitrogens with two attached hydrogens (primary N) is 1. The molecule has 2 amide bonds. The van der Waals surface area contributed by atoms with Gasteiger partial charge < -0.3 is 5.73 Å². The Kier molecular flexibility index (Phi) is 5.50. The van der Waals surface area contributed by atoms with Gasteiger partial charge in [0.25, 0.3) is 0 Å². The highest BCUT2D eigenvalue weighted by Crippen LogP contribution is 2.45. The Morgan fingerprint density at radius 2 is 1.91 bits per heavy atom. The lowest BCUT2D eigenvalue weighted by molar-refractivity contribution is -0.121. The second-order valence-corrected chi connectivity index (χ2v) is 10.5. The van der Waals surface area contributed by atoms with E-state index in [2.05, 4.69) is 18.2 Å². The topological polar surface area (TPSA) is 87.2 Å². The lowest BCUT2D eigenvalue weighted by Gasteiger charge is -2.22. The number of nitrogen functional groups attached to an aromatic ring is 1. The van der Waals surface area contributed by atoms with Crippen LogP contribution in [0.25, 0.3) is 0 Å². The number of nitriles is 1. The summed E-state index contributed by atoms with van der Waals surface area (Å²) in [5.41, 5.74) is 9.26. The molecule has 5 rings (SSSR count). The fourth-order valence-corrected chi connectivity index (χ4v) is 7.04. The summed E-state index contributed by atoms with van der Waals surface area (Å²) in [4.78, 5) is 29.3. The monoisotopic (exact) mass is 459 g/mol. The summed E-state index contributed by atoms with van der Waals surface area (Å²) in [5.74, 6) is -0.109. The van der Waals surface area contributed by atoms with Gasteiger partial charge in [0.2, 0.25) is 11.8 Å². The fourth-order valence-electron chi connectivity index (χ4n) is 4.52. The van der Waals surface area contributed by atoms with Crippen molar-refractivity contribution in [2.75, 3.05) is 10.6 Å². The van der Waals surface area contributed by atoms with Crippen LogP contribution in [-0.4, -0.2) is 17.1 Å². The van der Waals surface area contributed by atoms with E-state index >= 15 is 0 Å².